The summed E-state index contributed by atoms with van der Waals surface area (Å²) in [5, 5.41) is 11.4. The number of carboxylic acid groups (broad SMARTS) is 1. The summed E-state index contributed by atoms with van der Waals surface area (Å²) in [6.07, 6.45) is 1.35. The van der Waals surface area contributed by atoms with E-state index < -0.39 is 23.8 Å². The fraction of sp³-hybridized carbons (Fsp3) is 0.111. The third kappa shape index (κ3) is 5.62. The summed E-state index contributed by atoms with van der Waals surface area (Å²) in [5.41, 5.74) is 1.29. The molecule has 0 saturated carbocycles. The molecule has 1 fully saturated rings. The predicted molar refractivity (Wildman–Crippen MR) is 136 cm³/mol. The van der Waals surface area contributed by atoms with E-state index >= 15 is 0 Å². The summed E-state index contributed by atoms with van der Waals surface area (Å²) in [7, 11) is 0. The summed E-state index contributed by atoms with van der Waals surface area (Å²) in [6.45, 7) is 2.29. The van der Waals surface area contributed by atoms with Gasteiger partial charge in [0.1, 0.15) is 12.2 Å². The third-order valence-corrected chi connectivity index (χ3v) is 5.69. The fourth-order valence-corrected chi connectivity index (χ4v) is 3.80. The van der Waals surface area contributed by atoms with Gasteiger partial charge in [0.05, 0.1) is 22.9 Å². The van der Waals surface area contributed by atoms with E-state index in [4.69, 9.17) is 26.2 Å². The molecule has 0 spiro atoms. The van der Waals surface area contributed by atoms with Gasteiger partial charge in [-0.25, -0.2) is 14.5 Å². The zero-order chi connectivity index (χ0) is 26.5. The molecule has 0 bridgehead atoms. The molecule has 4 rings (SSSR count). The Morgan fingerprint density at radius 1 is 1.00 bits per heavy atom. The molecule has 1 saturated heterocycles. The van der Waals surface area contributed by atoms with Crippen LogP contribution in [-0.4, -0.2) is 35.5 Å². The first-order valence-electron chi connectivity index (χ1n) is 11.2. The molecule has 3 aromatic rings. The standard InChI is InChI=1S/C27H21ClN2O7/c1-2-36-23-14-17(9-12-22(23)37-15-16-7-10-18(11-8-16)26(33)34)13-19-24(31)29-27(35)30(25(19)32)21-6-4-3-5-20(21)28/h3-14H,2,15H2,1H3,(H,33,34)(H,29,31,35)/b19-13+. The Morgan fingerprint density at radius 2 is 1.73 bits per heavy atom. The third-order valence-electron chi connectivity index (χ3n) is 5.37. The van der Waals surface area contributed by atoms with E-state index in [0.717, 1.165) is 10.5 Å². The van der Waals surface area contributed by atoms with Gasteiger partial charge >= 0.3 is 12.0 Å². The maximum Gasteiger partial charge on any atom is 0.335 e. The second kappa shape index (κ2) is 11.0. The molecular formula is C27H21ClN2O7. The van der Waals surface area contributed by atoms with Crippen molar-refractivity contribution in [1.82, 2.24) is 5.32 Å². The Balaban J connectivity index is 1.59. The van der Waals surface area contributed by atoms with Gasteiger partial charge in [-0.3, -0.25) is 14.9 Å². The van der Waals surface area contributed by atoms with E-state index in [9.17, 15) is 19.2 Å². The Morgan fingerprint density at radius 3 is 2.41 bits per heavy atom. The number of benzene rings is 3. The van der Waals surface area contributed by atoms with Crippen LogP contribution in [0.25, 0.3) is 6.08 Å². The minimum absolute atomic E-state index is 0.153. The van der Waals surface area contributed by atoms with Gasteiger partial charge in [-0.2, -0.15) is 0 Å². The highest BCUT2D eigenvalue weighted by molar-refractivity contribution is 6.42. The van der Waals surface area contributed by atoms with Crippen molar-refractivity contribution in [1.29, 1.82) is 0 Å². The lowest BCUT2D eigenvalue weighted by Gasteiger charge is -2.27. The van der Waals surface area contributed by atoms with Gasteiger partial charge in [0, 0.05) is 0 Å². The number of ether oxygens (including phenoxy) is 2. The second-order valence-electron chi connectivity index (χ2n) is 7.84. The number of hydrogen-bond acceptors (Lipinski definition) is 6. The van der Waals surface area contributed by atoms with Crippen LogP contribution in [0, 0.1) is 0 Å². The van der Waals surface area contributed by atoms with Crippen LogP contribution in [0.5, 0.6) is 11.5 Å². The van der Waals surface area contributed by atoms with Gasteiger partial charge in [-0.1, -0.05) is 41.9 Å². The molecule has 0 radical (unpaired) electrons. The molecule has 188 valence electrons. The monoisotopic (exact) mass is 520 g/mol. The van der Waals surface area contributed by atoms with Gasteiger partial charge in [-0.15, -0.1) is 0 Å². The van der Waals surface area contributed by atoms with Crippen molar-refractivity contribution < 1.29 is 33.8 Å². The van der Waals surface area contributed by atoms with Gasteiger partial charge < -0.3 is 14.6 Å². The Hall–Kier alpha value is -4.63. The van der Waals surface area contributed by atoms with Crippen LogP contribution in [-0.2, 0) is 16.2 Å². The lowest BCUT2D eigenvalue weighted by molar-refractivity contribution is -0.122. The molecule has 0 unspecified atom stereocenters. The summed E-state index contributed by atoms with van der Waals surface area (Å²) in [6, 6.07) is 16.6. The smallest absolute Gasteiger partial charge is 0.335 e. The number of amides is 4. The maximum absolute atomic E-state index is 13.1. The van der Waals surface area contributed by atoms with Crippen molar-refractivity contribution in [3.05, 3.63) is 94.0 Å². The normalized spacial score (nSPS) is 14.5. The van der Waals surface area contributed by atoms with Crippen molar-refractivity contribution in [3.63, 3.8) is 0 Å². The number of carbonyl (C=O) groups excluding carboxylic acids is 3. The van der Waals surface area contributed by atoms with Crippen LogP contribution in [0.3, 0.4) is 0 Å². The zero-order valence-electron chi connectivity index (χ0n) is 19.6. The second-order valence-corrected chi connectivity index (χ2v) is 8.25. The lowest BCUT2D eigenvalue weighted by atomic mass is 10.1. The number of barbiturate groups is 1. The van der Waals surface area contributed by atoms with Crippen LogP contribution in [0.2, 0.25) is 5.02 Å². The van der Waals surface area contributed by atoms with E-state index in [-0.39, 0.29) is 28.5 Å². The quantitative estimate of drug-likeness (QED) is 0.326. The molecule has 37 heavy (non-hydrogen) atoms. The molecule has 0 atom stereocenters. The Labute approximate surface area is 216 Å². The number of urea groups is 1. The number of carboxylic acids is 1. The number of carbonyl (C=O) groups is 4. The van der Waals surface area contributed by atoms with Crippen LogP contribution in [0.15, 0.2) is 72.3 Å². The number of para-hydroxylation sites is 1. The van der Waals surface area contributed by atoms with E-state index in [1.807, 2.05) is 0 Å². The Bertz CT molecular complexity index is 1420. The highest BCUT2D eigenvalue weighted by Gasteiger charge is 2.37. The van der Waals surface area contributed by atoms with Crippen LogP contribution in [0.1, 0.15) is 28.4 Å². The number of rotatable bonds is 8. The average molecular weight is 521 g/mol. The Kier molecular flexibility index (Phi) is 7.55. The number of halogens is 1. The number of hydrogen-bond donors (Lipinski definition) is 2. The van der Waals surface area contributed by atoms with Crippen molar-refractivity contribution in [2.45, 2.75) is 13.5 Å². The van der Waals surface area contributed by atoms with Crippen molar-refractivity contribution in [2.75, 3.05) is 11.5 Å². The predicted octanol–water partition coefficient (Wildman–Crippen LogP) is 4.68. The molecule has 1 aliphatic rings. The molecule has 9 nitrogen and oxygen atoms in total. The molecule has 3 aromatic carbocycles. The number of nitrogens with one attached hydrogen (secondary N) is 1. The molecule has 10 heteroatoms. The van der Waals surface area contributed by atoms with Gasteiger partial charge in [0.2, 0.25) is 0 Å². The highest BCUT2D eigenvalue weighted by Crippen LogP contribution is 2.32. The molecular weight excluding hydrogens is 500 g/mol. The van der Waals surface area contributed by atoms with Crippen LogP contribution in [0.4, 0.5) is 10.5 Å². The van der Waals surface area contributed by atoms with Crippen LogP contribution < -0.4 is 19.7 Å². The first-order valence-corrected chi connectivity index (χ1v) is 11.5. The zero-order valence-corrected chi connectivity index (χ0v) is 20.3. The number of aromatic carboxylic acids is 1. The minimum atomic E-state index is -1.01. The topological polar surface area (TPSA) is 122 Å². The molecule has 1 heterocycles. The van der Waals surface area contributed by atoms with Gasteiger partial charge in [0.25, 0.3) is 11.8 Å². The van der Waals surface area contributed by atoms with E-state index in [2.05, 4.69) is 5.32 Å². The summed E-state index contributed by atoms with van der Waals surface area (Å²) in [4.78, 5) is 49.9. The average Bonchev–Trinajstić information content (AvgIpc) is 2.87. The largest absolute Gasteiger partial charge is 0.490 e. The van der Waals surface area contributed by atoms with Gasteiger partial charge in [-0.05, 0) is 60.5 Å². The van der Waals surface area contributed by atoms with E-state index in [1.165, 1.54) is 30.3 Å². The molecule has 4 amide bonds. The van der Waals surface area contributed by atoms with E-state index in [1.54, 1.807) is 49.4 Å². The lowest BCUT2D eigenvalue weighted by Crippen LogP contribution is -2.54. The first-order chi connectivity index (χ1) is 17.8. The summed E-state index contributed by atoms with van der Waals surface area (Å²) >= 11 is 6.17. The summed E-state index contributed by atoms with van der Waals surface area (Å²) < 4.78 is 11.5. The van der Waals surface area contributed by atoms with Crippen molar-refractivity contribution in [3.8, 4) is 11.5 Å². The van der Waals surface area contributed by atoms with Gasteiger partial charge in [0.15, 0.2) is 11.5 Å². The summed E-state index contributed by atoms with van der Waals surface area (Å²) in [5.74, 6) is -1.87. The molecule has 1 aliphatic heterocycles. The molecule has 0 aliphatic carbocycles. The number of imide groups is 2. The molecule has 0 aromatic heterocycles. The molecule has 2 N–H and O–H groups in total. The van der Waals surface area contributed by atoms with Crippen LogP contribution >= 0.6 is 11.6 Å². The van der Waals surface area contributed by atoms with E-state index in [0.29, 0.717) is 23.7 Å². The highest BCUT2D eigenvalue weighted by atomic mass is 35.5. The number of anilines is 1. The number of nitrogens with zero attached hydrogens (tertiary/aromatic N) is 1. The SMILES string of the molecule is CCOc1cc(/C=C2\C(=O)NC(=O)N(c3ccccc3Cl)C2=O)ccc1OCc1ccc(C(=O)O)cc1. The minimum Gasteiger partial charge on any atom is -0.490 e. The maximum atomic E-state index is 13.1. The first kappa shape index (κ1) is 25.5. The van der Waals surface area contributed by atoms with Crippen molar-refractivity contribution in [2.24, 2.45) is 0 Å². The van der Waals surface area contributed by atoms with Crippen molar-refractivity contribution >= 4 is 47.2 Å². The fourth-order valence-electron chi connectivity index (χ4n) is 3.58.